The highest BCUT2D eigenvalue weighted by atomic mass is 32.2. The first-order chi connectivity index (χ1) is 9.91. The van der Waals surface area contributed by atoms with Crippen LogP contribution in [0.2, 0.25) is 0 Å². The summed E-state index contributed by atoms with van der Waals surface area (Å²) < 4.78 is 27.7. The molecular formula is C14H17N3O3S. The van der Waals surface area contributed by atoms with E-state index >= 15 is 0 Å². The molecule has 6 nitrogen and oxygen atoms in total. The number of nitrogen functional groups attached to an aromatic ring is 1. The lowest BCUT2D eigenvalue weighted by molar-refractivity contribution is 0.185. The predicted molar refractivity (Wildman–Crippen MR) is 82.7 cm³/mol. The largest absolute Gasteiger partial charge is 0.397 e. The lowest BCUT2D eigenvalue weighted by atomic mass is 10.1. The van der Waals surface area contributed by atoms with Gasteiger partial charge in [0.2, 0.25) is 10.0 Å². The molecule has 21 heavy (non-hydrogen) atoms. The van der Waals surface area contributed by atoms with Crippen LogP contribution in [0.4, 0.5) is 17.1 Å². The molecule has 0 aromatic heterocycles. The van der Waals surface area contributed by atoms with Crippen LogP contribution in [0.5, 0.6) is 0 Å². The summed E-state index contributed by atoms with van der Waals surface area (Å²) >= 11 is 0. The van der Waals surface area contributed by atoms with Gasteiger partial charge in [-0.3, -0.25) is 0 Å². The molecule has 2 aromatic carbocycles. The van der Waals surface area contributed by atoms with Crippen molar-refractivity contribution in [1.29, 1.82) is 0 Å². The number of methoxy groups -OCH3 is 1. The van der Waals surface area contributed by atoms with Crippen molar-refractivity contribution in [2.45, 2.75) is 11.5 Å². The molecule has 0 saturated heterocycles. The molecule has 0 heterocycles. The second-order valence-electron chi connectivity index (χ2n) is 4.51. The molecule has 0 spiro atoms. The van der Waals surface area contributed by atoms with Crippen LogP contribution in [0.1, 0.15) is 5.56 Å². The number of anilines is 3. The van der Waals surface area contributed by atoms with Crippen LogP contribution in [0.3, 0.4) is 0 Å². The molecule has 0 atom stereocenters. The molecule has 0 saturated carbocycles. The number of nitrogens with two attached hydrogens (primary N) is 2. The molecule has 0 bridgehead atoms. The van der Waals surface area contributed by atoms with E-state index in [0.717, 1.165) is 11.3 Å². The lowest BCUT2D eigenvalue weighted by Gasteiger charge is -2.14. The van der Waals surface area contributed by atoms with E-state index in [1.54, 1.807) is 13.2 Å². The molecule has 2 rings (SSSR count). The van der Waals surface area contributed by atoms with Crippen molar-refractivity contribution < 1.29 is 13.2 Å². The van der Waals surface area contributed by atoms with Gasteiger partial charge in [0, 0.05) is 18.4 Å². The minimum absolute atomic E-state index is 0.0178. The average Bonchev–Trinajstić information content (AvgIpc) is 2.42. The van der Waals surface area contributed by atoms with E-state index in [-0.39, 0.29) is 4.90 Å². The Balaban J connectivity index is 2.33. The number of primary sulfonamides is 1. The van der Waals surface area contributed by atoms with Gasteiger partial charge < -0.3 is 15.8 Å². The first-order valence-electron chi connectivity index (χ1n) is 6.18. The second kappa shape index (κ2) is 6.13. The number of nitrogens with one attached hydrogen (secondary N) is 1. The van der Waals surface area contributed by atoms with Crippen LogP contribution in [-0.4, -0.2) is 15.5 Å². The normalized spacial score (nSPS) is 11.3. The summed E-state index contributed by atoms with van der Waals surface area (Å²) in [5.74, 6) is 0. The Hall–Kier alpha value is -2.09. The Bertz CT molecular complexity index is 745. The summed E-state index contributed by atoms with van der Waals surface area (Å²) in [5.41, 5.74) is 8.59. The molecular weight excluding hydrogens is 290 g/mol. The average molecular weight is 307 g/mol. The molecule has 0 fully saturated rings. The molecule has 0 amide bonds. The highest BCUT2D eigenvalue weighted by Gasteiger charge is 2.11. The third-order valence-electron chi connectivity index (χ3n) is 2.94. The number of hydrogen-bond donors (Lipinski definition) is 3. The zero-order chi connectivity index (χ0) is 15.5. The van der Waals surface area contributed by atoms with Gasteiger partial charge in [-0.1, -0.05) is 18.2 Å². The second-order valence-corrected chi connectivity index (χ2v) is 6.07. The van der Waals surface area contributed by atoms with Gasteiger partial charge in [0.15, 0.2) is 0 Å². The van der Waals surface area contributed by atoms with Gasteiger partial charge in [0.1, 0.15) is 0 Å². The molecule has 0 aliphatic heterocycles. The maximum absolute atomic E-state index is 11.3. The van der Waals surface area contributed by atoms with Crippen LogP contribution < -0.4 is 16.2 Å². The van der Waals surface area contributed by atoms with Crippen molar-refractivity contribution in [1.82, 2.24) is 0 Å². The molecule has 0 aliphatic carbocycles. The van der Waals surface area contributed by atoms with Gasteiger partial charge in [-0.05, 0) is 24.3 Å². The lowest BCUT2D eigenvalue weighted by Crippen LogP contribution is -2.12. The van der Waals surface area contributed by atoms with E-state index in [2.05, 4.69) is 5.32 Å². The first-order valence-corrected chi connectivity index (χ1v) is 7.72. The highest BCUT2D eigenvalue weighted by Crippen LogP contribution is 2.27. The molecule has 0 radical (unpaired) electrons. The monoisotopic (exact) mass is 307 g/mol. The molecule has 2 aromatic rings. The number of sulfonamides is 1. The Morgan fingerprint density at radius 2 is 1.86 bits per heavy atom. The van der Waals surface area contributed by atoms with Crippen LogP contribution >= 0.6 is 0 Å². The maximum Gasteiger partial charge on any atom is 0.238 e. The molecule has 112 valence electrons. The van der Waals surface area contributed by atoms with Gasteiger partial charge in [-0.25, -0.2) is 13.6 Å². The smallest absolute Gasteiger partial charge is 0.238 e. The molecule has 5 N–H and O–H groups in total. The topological polar surface area (TPSA) is 107 Å². The highest BCUT2D eigenvalue weighted by molar-refractivity contribution is 7.89. The third-order valence-corrected chi connectivity index (χ3v) is 3.85. The Kier molecular flexibility index (Phi) is 4.46. The van der Waals surface area contributed by atoms with Gasteiger partial charge in [-0.15, -0.1) is 0 Å². The van der Waals surface area contributed by atoms with Crippen molar-refractivity contribution in [3.05, 3.63) is 48.0 Å². The summed E-state index contributed by atoms with van der Waals surface area (Å²) in [6, 6.07) is 11.9. The number of hydrogen-bond acceptors (Lipinski definition) is 5. The van der Waals surface area contributed by atoms with Crippen LogP contribution in [0.15, 0.2) is 47.4 Å². The first kappa shape index (κ1) is 15.3. The van der Waals surface area contributed by atoms with E-state index in [9.17, 15) is 8.42 Å². The standard InChI is InChI=1S/C14H17N3O3S/c1-20-9-10-4-2-3-5-13(10)17-14-7-6-11(8-12(14)15)21(16,18)19/h2-8,17H,9,15H2,1H3,(H2,16,18,19). The summed E-state index contributed by atoms with van der Waals surface area (Å²) in [6.07, 6.45) is 0. The number of para-hydroxylation sites is 1. The van der Waals surface area contributed by atoms with Crippen LogP contribution in [0.25, 0.3) is 0 Å². The fourth-order valence-corrected chi connectivity index (χ4v) is 2.45. The summed E-state index contributed by atoms with van der Waals surface area (Å²) in [7, 11) is -2.14. The summed E-state index contributed by atoms with van der Waals surface area (Å²) in [4.78, 5) is -0.0178. The van der Waals surface area contributed by atoms with Crippen molar-refractivity contribution >= 4 is 27.1 Å². The Labute approximate surface area is 123 Å². The van der Waals surface area contributed by atoms with Gasteiger partial charge in [0.25, 0.3) is 0 Å². The summed E-state index contributed by atoms with van der Waals surface area (Å²) in [5, 5.41) is 8.24. The quantitative estimate of drug-likeness (QED) is 0.730. The van der Waals surface area contributed by atoms with E-state index in [0.29, 0.717) is 18.0 Å². The molecule has 0 unspecified atom stereocenters. The van der Waals surface area contributed by atoms with Crippen LogP contribution in [0, 0.1) is 0 Å². The zero-order valence-electron chi connectivity index (χ0n) is 11.5. The van der Waals surface area contributed by atoms with Gasteiger partial charge >= 0.3 is 0 Å². The van der Waals surface area contributed by atoms with Crippen molar-refractivity contribution in [2.24, 2.45) is 5.14 Å². The number of rotatable bonds is 5. The molecule has 7 heteroatoms. The fourth-order valence-electron chi connectivity index (χ4n) is 1.90. The van der Waals surface area contributed by atoms with Crippen LogP contribution in [-0.2, 0) is 21.4 Å². The minimum atomic E-state index is -3.76. The molecule has 0 aliphatic rings. The van der Waals surface area contributed by atoms with Gasteiger partial charge in [0.05, 0.1) is 22.9 Å². The minimum Gasteiger partial charge on any atom is -0.397 e. The van der Waals surface area contributed by atoms with Crippen molar-refractivity contribution in [3.8, 4) is 0 Å². The van der Waals surface area contributed by atoms with Crippen molar-refractivity contribution in [3.63, 3.8) is 0 Å². The van der Waals surface area contributed by atoms with E-state index < -0.39 is 10.0 Å². The zero-order valence-corrected chi connectivity index (χ0v) is 12.4. The Morgan fingerprint density at radius 3 is 2.48 bits per heavy atom. The van der Waals surface area contributed by atoms with Crippen molar-refractivity contribution in [2.75, 3.05) is 18.2 Å². The van der Waals surface area contributed by atoms with E-state index in [4.69, 9.17) is 15.6 Å². The van der Waals surface area contributed by atoms with Gasteiger partial charge in [-0.2, -0.15) is 0 Å². The van der Waals surface area contributed by atoms with E-state index in [1.165, 1.54) is 12.1 Å². The third kappa shape index (κ3) is 3.72. The number of ether oxygens (including phenoxy) is 1. The number of benzene rings is 2. The SMILES string of the molecule is COCc1ccccc1Nc1ccc(S(N)(=O)=O)cc1N. The maximum atomic E-state index is 11.3. The Morgan fingerprint density at radius 1 is 1.14 bits per heavy atom. The predicted octanol–water partition coefficient (Wildman–Crippen LogP) is 1.81. The van der Waals surface area contributed by atoms with E-state index in [1.807, 2.05) is 24.3 Å². The summed E-state index contributed by atoms with van der Waals surface area (Å²) in [6.45, 7) is 0.457. The fraction of sp³-hybridized carbons (Fsp3) is 0.143.